The van der Waals surface area contributed by atoms with Crippen molar-refractivity contribution in [1.29, 1.82) is 0 Å². The van der Waals surface area contributed by atoms with Gasteiger partial charge in [0.15, 0.2) is 0 Å². The van der Waals surface area contributed by atoms with E-state index in [9.17, 15) is 13.2 Å². The molecule has 8 heteroatoms. The van der Waals surface area contributed by atoms with Crippen LogP contribution in [0.15, 0.2) is 53.4 Å². The summed E-state index contributed by atoms with van der Waals surface area (Å²) in [6.07, 6.45) is 3.07. The summed E-state index contributed by atoms with van der Waals surface area (Å²) in [5, 5.41) is 0. The molecule has 0 N–H and O–H groups in total. The highest BCUT2D eigenvalue weighted by Crippen LogP contribution is 2.29. The van der Waals surface area contributed by atoms with Crippen LogP contribution in [0, 0.1) is 6.92 Å². The zero-order chi connectivity index (χ0) is 22.4. The minimum absolute atomic E-state index is 0.0831. The summed E-state index contributed by atoms with van der Waals surface area (Å²) in [5.74, 6) is 0.100. The molecule has 1 aliphatic heterocycles. The standard InChI is InChI=1S/C23H28N2O5S/c1-18-6-4-5-7-20(18)17-24(2)23(26)11-9-19-8-10-21(29-3)22(16-19)31(27,28)25-12-14-30-15-13-25/h4-11,16H,12-15,17H2,1-3H3. The maximum Gasteiger partial charge on any atom is 0.246 e. The van der Waals surface area contributed by atoms with Crippen molar-refractivity contribution >= 4 is 22.0 Å². The Morgan fingerprint density at radius 3 is 2.58 bits per heavy atom. The van der Waals surface area contributed by atoms with Crippen molar-refractivity contribution in [2.24, 2.45) is 0 Å². The number of ether oxygens (including phenoxy) is 2. The van der Waals surface area contributed by atoms with Gasteiger partial charge in [0.25, 0.3) is 0 Å². The Morgan fingerprint density at radius 1 is 1.19 bits per heavy atom. The van der Waals surface area contributed by atoms with Crippen molar-refractivity contribution < 1.29 is 22.7 Å². The smallest absolute Gasteiger partial charge is 0.246 e. The van der Waals surface area contributed by atoms with Crippen LogP contribution in [0.1, 0.15) is 16.7 Å². The summed E-state index contributed by atoms with van der Waals surface area (Å²) in [4.78, 5) is 14.3. The van der Waals surface area contributed by atoms with Gasteiger partial charge in [-0.2, -0.15) is 4.31 Å². The number of carbonyl (C=O) groups excluding carboxylic acids is 1. The van der Waals surface area contributed by atoms with E-state index in [1.165, 1.54) is 23.6 Å². The second-order valence-electron chi connectivity index (χ2n) is 7.38. The summed E-state index contributed by atoms with van der Waals surface area (Å²) >= 11 is 0. The van der Waals surface area contributed by atoms with Crippen molar-refractivity contribution in [1.82, 2.24) is 9.21 Å². The number of nitrogens with zero attached hydrogens (tertiary/aromatic N) is 2. The number of benzene rings is 2. The number of carbonyl (C=O) groups is 1. The molecule has 0 aromatic heterocycles. The number of amides is 1. The normalized spacial score (nSPS) is 15.2. The van der Waals surface area contributed by atoms with E-state index in [4.69, 9.17) is 9.47 Å². The zero-order valence-corrected chi connectivity index (χ0v) is 18.9. The van der Waals surface area contributed by atoms with Crippen LogP contribution in [0.25, 0.3) is 6.08 Å². The fourth-order valence-corrected chi connectivity index (χ4v) is 4.94. The molecule has 0 bridgehead atoms. The molecule has 0 spiro atoms. The fraction of sp³-hybridized carbons (Fsp3) is 0.348. The Labute approximate surface area is 183 Å². The van der Waals surface area contributed by atoms with Crippen molar-refractivity contribution in [2.75, 3.05) is 40.5 Å². The van der Waals surface area contributed by atoms with Crippen LogP contribution in [-0.4, -0.2) is 64.0 Å². The molecule has 1 aliphatic rings. The van der Waals surface area contributed by atoms with Gasteiger partial charge in [0.05, 0.1) is 20.3 Å². The van der Waals surface area contributed by atoms with Gasteiger partial charge in [-0.25, -0.2) is 8.42 Å². The topological polar surface area (TPSA) is 76.2 Å². The molecule has 1 fully saturated rings. The van der Waals surface area contributed by atoms with Gasteiger partial charge in [-0.3, -0.25) is 4.79 Å². The van der Waals surface area contributed by atoms with Crippen LogP contribution in [-0.2, 0) is 26.1 Å². The number of likely N-dealkylation sites (N-methyl/N-ethyl adjacent to an activating group) is 1. The Morgan fingerprint density at radius 2 is 1.90 bits per heavy atom. The van der Waals surface area contributed by atoms with Gasteiger partial charge in [-0.05, 0) is 41.8 Å². The van der Waals surface area contributed by atoms with Gasteiger partial charge in [0.2, 0.25) is 15.9 Å². The molecule has 166 valence electrons. The molecule has 3 rings (SSSR count). The quantitative estimate of drug-likeness (QED) is 0.614. The predicted molar refractivity (Wildman–Crippen MR) is 119 cm³/mol. The summed E-state index contributed by atoms with van der Waals surface area (Å²) in [6, 6.07) is 12.8. The molecular formula is C23H28N2O5S. The van der Waals surface area contributed by atoms with Crippen LogP contribution in [0.5, 0.6) is 5.75 Å². The molecule has 2 aromatic rings. The monoisotopic (exact) mass is 444 g/mol. The first-order chi connectivity index (χ1) is 14.8. The van der Waals surface area contributed by atoms with Gasteiger partial charge in [-0.15, -0.1) is 0 Å². The second-order valence-corrected chi connectivity index (χ2v) is 9.29. The van der Waals surface area contributed by atoms with E-state index < -0.39 is 10.0 Å². The molecule has 7 nitrogen and oxygen atoms in total. The first-order valence-electron chi connectivity index (χ1n) is 10.1. The Balaban J connectivity index is 1.78. The van der Waals surface area contributed by atoms with Crippen molar-refractivity contribution in [2.45, 2.75) is 18.4 Å². The van der Waals surface area contributed by atoms with Crippen molar-refractivity contribution in [3.05, 3.63) is 65.2 Å². The average molecular weight is 445 g/mol. The molecule has 1 saturated heterocycles. The number of methoxy groups -OCH3 is 1. The third-order valence-electron chi connectivity index (χ3n) is 5.24. The summed E-state index contributed by atoms with van der Waals surface area (Å²) < 4.78 is 38.1. The van der Waals surface area contributed by atoms with Crippen molar-refractivity contribution in [3.63, 3.8) is 0 Å². The van der Waals surface area contributed by atoms with Gasteiger partial charge in [-0.1, -0.05) is 30.3 Å². The average Bonchev–Trinajstić information content (AvgIpc) is 2.79. The molecule has 1 amide bonds. The summed E-state index contributed by atoms with van der Waals surface area (Å²) in [5.41, 5.74) is 2.81. The SMILES string of the molecule is COc1ccc(C=CC(=O)N(C)Cc2ccccc2C)cc1S(=O)(=O)N1CCOCC1. The predicted octanol–water partition coefficient (Wildman–Crippen LogP) is 2.70. The van der Waals surface area contributed by atoms with Gasteiger partial charge >= 0.3 is 0 Å². The van der Waals surface area contributed by atoms with E-state index in [1.54, 1.807) is 30.2 Å². The van der Waals surface area contributed by atoms with E-state index in [0.717, 1.165) is 11.1 Å². The van der Waals surface area contributed by atoms with Crippen LogP contribution in [0.3, 0.4) is 0 Å². The summed E-state index contributed by atoms with van der Waals surface area (Å²) in [7, 11) is -0.553. The first kappa shape index (κ1) is 23.0. The lowest BCUT2D eigenvalue weighted by molar-refractivity contribution is -0.125. The van der Waals surface area contributed by atoms with Crippen LogP contribution < -0.4 is 4.74 Å². The Hall–Kier alpha value is -2.68. The lowest BCUT2D eigenvalue weighted by Crippen LogP contribution is -2.40. The Kier molecular flexibility index (Phi) is 7.48. The second kappa shape index (κ2) is 10.1. The minimum atomic E-state index is -3.73. The molecule has 0 saturated carbocycles. The largest absolute Gasteiger partial charge is 0.495 e. The maximum atomic E-state index is 13.1. The lowest BCUT2D eigenvalue weighted by atomic mass is 10.1. The highest BCUT2D eigenvalue weighted by molar-refractivity contribution is 7.89. The minimum Gasteiger partial charge on any atom is -0.495 e. The van der Waals surface area contributed by atoms with E-state index in [0.29, 0.717) is 38.4 Å². The highest BCUT2D eigenvalue weighted by Gasteiger charge is 2.29. The molecular weight excluding hydrogens is 416 g/mol. The maximum absolute atomic E-state index is 13.1. The number of aryl methyl sites for hydroxylation is 1. The number of hydrogen-bond donors (Lipinski definition) is 0. The van der Waals surface area contributed by atoms with Crippen LogP contribution in [0.2, 0.25) is 0 Å². The molecule has 31 heavy (non-hydrogen) atoms. The van der Waals surface area contributed by atoms with E-state index in [1.807, 2.05) is 31.2 Å². The van der Waals surface area contributed by atoms with E-state index >= 15 is 0 Å². The van der Waals surface area contributed by atoms with Gasteiger partial charge < -0.3 is 14.4 Å². The number of hydrogen-bond acceptors (Lipinski definition) is 5. The van der Waals surface area contributed by atoms with E-state index in [-0.39, 0.29) is 16.6 Å². The van der Waals surface area contributed by atoms with Crippen LogP contribution >= 0.6 is 0 Å². The molecule has 0 radical (unpaired) electrons. The third kappa shape index (κ3) is 5.52. The fourth-order valence-electron chi connectivity index (χ4n) is 3.34. The van der Waals surface area contributed by atoms with Crippen molar-refractivity contribution in [3.8, 4) is 5.75 Å². The number of morpholine rings is 1. The summed E-state index contributed by atoms with van der Waals surface area (Å²) in [6.45, 7) is 3.83. The molecule has 2 aromatic carbocycles. The lowest BCUT2D eigenvalue weighted by Gasteiger charge is -2.26. The van der Waals surface area contributed by atoms with Gasteiger partial charge in [0.1, 0.15) is 10.6 Å². The number of rotatable bonds is 7. The first-order valence-corrected chi connectivity index (χ1v) is 11.5. The molecule has 0 unspecified atom stereocenters. The zero-order valence-electron chi connectivity index (χ0n) is 18.1. The Bertz CT molecular complexity index is 1060. The molecule has 0 atom stereocenters. The molecule has 1 heterocycles. The van der Waals surface area contributed by atoms with Crippen LogP contribution in [0.4, 0.5) is 0 Å². The highest BCUT2D eigenvalue weighted by atomic mass is 32.2. The number of sulfonamides is 1. The van der Waals surface area contributed by atoms with Gasteiger partial charge in [0, 0.05) is 32.8 Å². The third-order valence-corrected chi connectivity index (χ3v) is 7.16. The van der Waals surface area contributed by atoms with E-state index in [2.05, 4.69) is 0 Å². The molecule has 0 aliphatic carbocycles.